The average molecular weight is 376 g/mol. The highest BCUT2D eigenvalue weighted by Gasteiger charge is 2.31. The van der Waals surface area contributed by atoms with Crippen LogP contribution in [-0.4, -0.2) is 9.97 Å². The van der Waals surface area contributed by atoms with E-state index in [2.05, 4.69) is 9.97 Å². The Morgan fingerprint density at radius 1 is 1.38 bits per heavy atom. The second-order valence-corrected chi connectivity index (χ2v) is 6.07. The molecule has 3 aromatic rings. The molecule has 26 heavy (non-hydrogen) atoms. The molecule has 0 saturated heterocycles. The Morgan fingerprint density at radius 3 is 2.77 bits per heavy atom. The smallest absolute Gasteiger partial charge is 0.360 e. The Morgan fingerprint density at radius 2 is 2.15 bits per heavy atom. The fourth-order valence-electron chi connectivity index (χ4n) is 2.75. The van der Waals surface area contributed by atoms with Crippen LogP contribution < -0.4 is 0 Å². The van der Waals surface area contributed by atoms with Crippen molar-refractivity contribution in [2.75, 3.05) is 0 Å². The number of hydrogen-bond acceptors (Lipinski definition) is 2. The number of fused-ring (bicyclic) bond motifs is 1. The van der Waals surface area contributed by atoms with Crippen LogP contribution in [0.3, 0.4) is 0 Å². The molecule has 0 spiro atoms. The van der Waals surface area contributed by atoms with Crippen molar-refractivity contribution in [3.8, 4) is 6.07 Å². The highest BCUT2D eigenvalue weighted by Crippen LogP contribution is 2.33. The number of nitrogens with one attached hydrogen (secondary N) is 1. The van der Waals surface area contributed by atoms with Crippen molar-refractivity contribution in [3.05, 3.63) is 64.1 Å². The average Bonchev–Trinajstić information content (AvgIpc) is 3.02. The molecule has 3 rings (SSSR count). The van der Waals surface area contributed by atoms with E-state index in [1.165, 1.54) is 0 Å². The van der Waals surface area contributed by atoms with Crippen LogP contribution in [0.5, 0.6) is 0 Å². The number of hydrogen-bond donors (Lipinski definition) is 1. The molecule has 3 nitrogen and oxygen atoms in total. The number of alkyl halides is 3. The fourth-order valence-corrected chi connectivity index (χ4v) is 3.02. The van der Waals surface area contributed by atoms with E-state index in [1.807, 2.05) is 31.2 Å². The number of halogens is 4. The van der Waals surface area contributed by atoms with Gasteiger partial charge in [0.2, 0.25) is 0 Å². The summed E-state index contributed by atoms with van der Waals surface area (Å²) in [6, 6.07) is 8.58. The van der Waals surface area contributed by atoms with E-state index in [1.54, 1.807) is 12.3 Å². The molecule has 0 radical (unpaired) electrons. The first-order chi connectivity index (χ1) is 12.3. The number of aryl methyl sites for hydroxylation is 1. The van der Waals surface area contributed by atoms with Crippen molar-refractivity contribution in [3.63, 3.8) is 0 Å². The summed E-state index contributed by atoms with van der Waals surface area (Å²) in [6.07, 6.45) is 0.299. The molecular formula is C19H13ClF3N3. The molecule has 0 aliphatic rings. The summed E-state index contributed by atoms with van der Waals surface area (Å²) in [5.74, 6) is 0. The highest BCUT2D eigenvalue weighted by atomic mass is 35.5. The molecule has 0 aliphatic heterocycles. The molecule has 1 aromatic carbocycles. The maximum atomic E-state index is 12.8. The van der Waals surface area contributed by atoms with Gasteiger partial charge in [0.1, 0.15) is 6.07 Å². The number of allylic oxidation sites excluding steroid dienone is 1. The Balaban J connectivity index is 2.09. The lowest BCUT2D eigenvalue weighted by atomic mass is 10.0. The monoisotopic (exact) mass is 375 g/mol. The molecular weight excluding hydrogens is 363 g/mol. The van der Waals surface area contributed by atoms with Crippen molar-refractivity contribution in [1.29, 1.82) is 5.26 Å². The largest absolute Gasteiger partial charge is 0.417 e. The van der Waals surface area contributed by atoms with Gasteiger partial charge in [0.15, 0.2) is 0 Å². The van der Waals surface area contributed by atoms with E-state index in [0.717, 1.165) is 34.5 Å². The zero-order chi connectivity index (χ0) is 18.9. The maximum Gasteiger partial charge on any atom is 0.417 e. The molecule has 0 aliphatic carbocycles. The third-order valence-corrected chi connectivity index (χ3v) is 4.35. The van der Waals surface area contributed by atoms with Gasteiger partial charge in [-0.2, -0.15) is 18.4 Å². The number of H-pyrrole nitrogens is 1. The van der Waals surface area contributed by atoms with Crippen molar-refractivity contribution >= 4 is 34.2 Å². The van der Waals surface area contributed by atoms with Crippen LogP contribution in [0.1, 0.15) is 29.3 Å². The lowest BCUT2D eigenvalue weighted by Gasteiger charge is -2.08. The lowest BCUT2D eigenvalue weighted by Crippen LogP contribution is -2.06. The first kappa shape index (κ1) is 18.0. The summed E-state index contributed by atoms with van der Waals surface area (Å²) in [5.41, 5.74) is 1.99. The summed E-state index contributed by atoms with van der Waals surface area (Å²) in [7, 11) is 0. The molecule has 0 amide bonds. The number of nitriles is 1. The van der Waals surface area contributed by atoms with Crippen LogP contribution in [0, 0.1) is 11.3 Å². The van der Waals surface area contributed by atoms with Crippen LogP contribution in [0.15, 0.2) is 36.7 Å². The Kier molecular flexibility index (Phi) is 4.75. The quantitative estimate of drug-likeness (QED) is 0.583. The van der Waals surface area contributed by atoms with Gasteiger partial charge in [-0.15, -0.1) is 0 Å². The lowest BCUT2D eigenvalue weighted by molar-refractivity contribution is -0.137. The van der Waals surface area contributed by atoms with Gasteiger partial charge in [0.05, 0.1) is 21.9 Å². The van der Waals surface area contributed by atoms with Crippen LogP contribution in [0.25, 0.3) is 22.6 Å². The third kappa shape index (κ3) is 3.31. The molecule has 1 N–H and O–H groups in total. The first-order valence-electron chi connectivity index (χ1n) is 7.79. The van der Waals surface area contributed by atoms with Crippen molar-refractivity contribution in [2.45, 2.75) is 19.5 Å². The van der Waals surface area contributed by atoms with Crippen LogP contribution in [-0.2, 0) is 12.6 Å². The van der Waals surface area contributed by atoms with Gasteiger partial charge >= 0.3 is 6.18 Å². The summed E-state index contributed by atoms with van der Waals surface area (Å²) < 4.78 is 38.3. The number of benzene rings is 1. The molecule has 132 valence electrons. The van der Waals surface area contributed by atoms with E-state index < -0.39 is 11.7 Å². The van der Waals surface area contributed by atoms with Crippen LogP contribution >= 0.6 is 11.6 Å². The molecule has 0 unspecified atom stereocenters. The van der Waals surface area contributed by atoms with E-state index in [4.69, 9.17) is 11.6 Å². The number of rotatable bonds is 3. The van der Waals surface area contributed by atoms with Gasteiger partial charge in [-0.1, -0.05) is 36.7 Å². The van der Waals surface area contributed by atoms with Gasteiger partial charge in [0.25, 0.3) is 0 Å². The Bertz CT molecular complexity index is 1040. The Hall–Kier alpha value is -2.78. The van der Waals surface area contributed by atoms with E-state index in [0.29, 0.717) is 6.20 Å². The second-order valence-electron chi connectivity index (χ2n) is 5.66. The minimum Gasteiger partial charge on any atom is -0.360 e. The molecule has 7 heteroatoms. The Labute approximate surface area is 152 Å². The van der Waals surface area contributed by atoms with Crippen LogP contribution in [0.4, 0.5) is 13.2 Å². The summed E-state index contributed by atoms with van der Waals surface area (Å²) >= 11 is 5.95. The number of nitrogens with zero attached hydrogens (tertiary/aromatic N) is 2. The molecule has 2 aromatic heterocycles. The number of aromatic amines is 1. The summed E-state index contributed by atoms with van der Waals surface area (Å²) in [6.45, 7) is 2.04. The fraction of sp³-hybridized carbons (Fsp3) is 0.158. The van der Waals surface area contributed by atoms with Crippen LogP contribution in [0.2, 0.25) is 5.02 Å². The number of aromatic nitrogens is 2. The molecule has 2 heterocycles. The van der Waals surface area contributed by atoms with Gasteiger partial charge in [-0.25, -0.2) is 0 Å². The zero-order valence-corrected chi connectivity index (χ0v) is 14.4. The summed E-state index contributed by atoms with van der Waals surface area (Å²) in [5, 5.41) is 10.2. The standard InChI is InChI=1S/C19H13ClF3N3/c1-2-11-4-3-5-15-13(9-25-17(11)15)6-12(8-24)18-16(20)7-14(10-26-18)19(21,22)23/h3-7,9-10,25H,2H2,1H3/b12-6+. The second kappa shape index (κ2) is 6.85. The minimum absolute atomic E-state index is 0.0168. The molecule has 0 saturated carbocycles. The molecule has 0 atom stereocenters. The topological polar surface area (TPSA) is 52.5 Å². The van der Waals surface area contributed by atoms with Gasteiger partial charge in [-0.05, 0) is 24.1 Å². The van der Waals surface area contributed by atoms with Gasteiger partial charge < -0.3 is 4.98 Å². The normalized spacial score (nSPS) is 12.4. The highest BCUT2D eigenvalue weighted by molar-refractivity contribution is 6.32. The van der Waals surface area contributed by atoms with E-state index >= 15 is 0 Å². The van der Waals surface area contributed by atoms with Gasteiger partial charge in [0, 0.05) is 28.9 Å². The summed E-state index contributed by atoms with van der Waals surface area (Å²) in [4.78, 5) is 6.93. The maximum absolute atomic E-state index is 12.8. The zero-order valence-electron chi connectivity index (χ0n) is 13.7. The van der Waals surface area contributed by atoms with Crippen molar-refractivity contribution < 1.29 is 13.2 Å². The van der Waals surface area contributed by atoms with Gasteiger partial charge in [-0.3, -0.25) is 4.98 Å². The third-order valence-electron chi connectivity index (χ3n) is 4.06. The number of pyridine rings is 1. The molecule has 0 fully saturated rings. The van der Waals surface area contributed by atoms with E-state index in [9.17, 15) is 18.4 Å². The molecule has 0 bridgehead atoms. The number of para-hydroxylation sites is 1. The van der Waals surface area contributed by atoms with Crippen molar-refractivity contribution in [1.82, 2.24) is 9.97 Å². The van der Waals surface area contributed by atoms with E-state index in [-0.39, 0.29) is 16.3 Å². The minimum atomic E-state index is -4.54. The van der Waals surface area contributed by atoms with Crippen molar-refractivity contribution in [2.24, 2.45) is 0 Å². The first-order valence-corrected chi connectivity index (χ1v) is 8.16. The predicted octanol–water partition coefficient (Wildman–Crippen LogP) is 5.86. The SMILES string of the molecule is CCc1cccc2c(/C=C(\C#N)c3ncc(C(F)(F)F)cc3Cl)c[nH]c12. The predicted molar refractivity (Wildman–Crippen MR) is 95.4 cm³/mol.